The van der Waals surface area contributed by atoms with Crippen LogP contribution in [0.4, 0.5) is 4.79 Å². The molecule has 7 heteroatoms. The van der Waals surface area contributed by atoms with Crippen LogP contribution in [0, 0.1) is 5.92 Å². The van der Waals surface area contributed by atoms with Crippen LogP contribution in [0.5, 0.6) is 0 Å². The standard InChI is InChI=1S/C12H21N3O4/c1-4-8(9(16)17)7-14-11(19)15-6-5-13-10(18)12(15,2)3/h8H,4-7H2,1-3H3,(H,13,18)(H,14,19)(H,16,17). The molecule has 1 saturated heterocycles. The third-order valence-electron chi connectivity index (χ3n) is 3.44. The number of nitrogens with zero attached hydrogens (tertiary/aromatic N) is 1. The second kappa shape index (κ2) is 5.90. The van der Waals surface area contributed by atoms with Gasteiger partial charge in [0.05, 0.1) is 5.92 Å². The van der Waals surface area contributed by atoms with Gasteiger partial charge >= 0.3 is 12.0 Å². The minimum atomic E-state index is -0.932. The summed E-state index contributed by atoms with van der Waals surface area (Å²) in [6.45, 7) is 5.97. The number of urea groups is 1. The Morgan fingerprint density at radius 2 is 2.16 bits per heavy atom. The van der Waals surface area contributed by atoms with Crippen molar-refractivity contribution in [2.24, 2.45) is 5.92 Å². The molecule has 0 spiro atoms. The molecule has 0 radical (unpaired) electrons. The average molecular weight is 271 g/mol. The molecule has 1 aliphatic heterocycles. The van der Waals surface area contributed by atoms with Crippen LogP contribution < -0.4 is 10.6 Å². The van der Waals surface area contributed by atoms with Crippen molar-refractivity contribution < 1.29 is 19.5 Å². The Labute approximate surface area is 112 Å². The van der Waals surface area contributed by atoms with Crippen LogP contribution >= 0.6 is 0 Å². The third kappa shape index (κ3) is 3.36. The Balaban J connectivity index is 2.62. The van der Waals surface area contributed by atoms with E-state index in [0.717, 1.165) is 0 Å². The molecule has 0 aromatic rings. The third-order valence-corrected chi connectivity index (χ3v) is 3.44. The van der Waals surface area contributed by atoms with E-state index in [0.29, 0.717) is 19.5 Å². The molecule has 1 rings (SSSR count). The summed E-state index contributed by atoms with van der Waals surface area (Å²) in [5, 5.41) is 14.2. The number of hydrogen-bond donors (Lipinski definition) is 3. The maximum absolute atomic E-state index is 12.0. The summed E-state index contributed by atoms with van der Waals surface area (Å²) in [4.78, 5) is 36.1. The lowest BCUT2D eigenvalue weighted by atomic mass is 9.99. The van der Waals surface area contributed by atoms with Gasteiger partial charge in [-0.15, -0.1) is 0 Å². The van der Waals surface area contributed by atoms with Crippen molar-refractivity contribution in [2.75, 3.05) is 19.6 Å². The van der Waals surface area contributed by atoms with E-state index in [1.807, 2.05) is 0 Å². The van der Waals surface area contributed by atoms with E-state index in [1.165, 1.54) is 4.90 Å². The first-order chi connectivity index (χ1) is 8.80. The number of carbonyl (C=O) groups is 3. The first-order valence-electron chi connectivity index (χ1n) is 6.37. The summed E-state index contributed by atoms with van der Waals surface area (Å²) in [6.07, 6.45) is 0.444. The molecule has 1 atom stereocenters. The number of aliphatic carboxylic acids is 1. The van der Waals surface area contributed by atoms with E-state index in [-0.39, 0.29) is 12.5 Å². The van der Waals surface area contributed by atoms with E-state index >= 15 is 0 Å². The van der Waals surface area contributed by atoms with Crippen molar-refractivity contribution in [3.63, 3.8) is 0 Å². The van der Waals surface area contributed by atoms with E-state index in [2.05, 4.69) is 10.6 Å². The lowest BCUT2D eigenvalue weighted by molar-refractivity contribution is -0.141. The molecule has 3 N–H and O–H groups in total. The second-order valence-corrected chi connectivity index (χ2v) is 5.10. The molecule has 0 aromatic heterocycles. The fourth-order valence-corrected chi connectivity index (χ4v) is 1.97. The molecule has 0 bridgehead atoms. The number of nitrogens with one attached hydrogen (secondary N) is 2. The zero-order valence-corrected chi connectivity index (χ0v) is 11.5. The van der Waals surface area contributed by atoms with Crippen molar-refractivity contribution in [1.29, 1.82) is 0 Å². The van der Waals surface area contributed by atoms with Gasteiger partial charge in [-0.1, -0.05) is 6.92 Å². The SMILES string of the molecule is CCC(CNC(=O)N1CCNC(=O)C1(C)C)C(=O)O. The number of carbonyl (C=O) groups excluding carboxylic acids is 2. The van der Waals surface area contributed by atoms with Gasteiger partial charge in [0, 0.05) is 19.6 Å². The lowest BCUT2D eigenvalue weighted by Gasteiger charge is -2.41. The fourth-order valence-electron chi connectivity index (χ4n) is 1.97. The second-order valence-electron chi connectivity index (χ2n) is 5.10. The van der Waals surface area contributed by atoms with Gasteiger partial charge in [-0.3, -0.25) is 9.59 Å². The molecule has 1 aliphatic rings. The van der Waals surface area contributed by atoms with Crippen LogP contribution in [0.15, 0.2) is 0 Å². The van der Waals surface area contributed by atoms with E-state index in [9.17, 15) is 14.4 Å². The van der Waals surface area contributed by atoms with Crippen molar-refractivity contribution in [3.8, 4) is 0 Å². The monoisotopic (exact) mass is 271 g/mol. The van der Waals surface area contributed by atoms with Gasteiger partial charge in [-0.25, -0.2) is 4.79 Å². The Hall–Kier alpha value is -1.79. The zero-order chi connectivity index (χ0) is 14.6. The predicted molar refractivity (Wildman–Crippen MR) is 68.6 cm³/mol. The topological polar surface area (TPSA) is 98.7 Å². The number of piperazine rings is 1. The van der Waals surface area contributed by atoms with Crippen molar-refractivity contribution in [2.45, 2.75) is 32.7 Å². The van der Waals surface area contributed by atoms with Gasteiger partial charge in [-0.05, 0) is 20.3 Å². The largest absolute Gasteiger partial charge is 0.481 e. The normalized spacial score (nSPS) is 19.5. The molecular formula is C12H21N3O4. The van der Waals surface area contributed by atoms with Crippen LogP contribution in [0.2, 0.25) is 0 Å². The van der Waals surface area contributed by atoms with Crippen LogP contribution in [-0.4, -0.2) is 53.1 Å². The van der Waals surface area contributed by atoms with Gasteiger partial charge in [0.25, 0.3) is 0 Å². The summed E-state index contributed by atoms with van der Waals surface area (Å²) in [7, 11) is 0. The van der Waals surface area contributed by atoms with Gasteiger partial charge in [-0.2, -0.15) is 0 Å². The molecule has 108 valence electrons. The minimum Gasteiger partial charge on any atom is -0.481 e. The molecule has 19 heavy (non-hydrogen) atoms. The van der Waals surface area contributed by atoms with Crippen LogP contribution in [0.25, 0.3) is 0 Å². The quantitative estimate of drug-likeness (QED) is 0.671. The number of hydrogen-bond acceptors (Lipinski definition) is 3. The maximum Gasteiger partial charge on any atom is 0.318 e. The molecule has 0 aliphatic carbocycles. The molecule has 0 saturated carbocycles. The summed E-state index contributed by atoms with van der Waals surface area (Å²) in [5.41, 5.74) is -0.923. The van der Waals surface area contributed by atoms with Crippen LogP contribution in [-0.2, 0) is 9.59 Å². The summed E-state index contributed by atoms with van der Waals surface area (Å²) in [5.74, 6) is -1.75. The highest BCUT2D eigenvalue weighted by Gasteiger charge is 2.40. The van der Waals surface area contributed by atoms with Crippen LogP contribution in [0.3, 0.4) is 0 Å². The van der Waals surface area contributed by atoms with E-state index in [4.69, 9.17) is 5.11 Å². The Morgan fingerprint density at radius 3 is 2.68 bits per heavy atom. The molecule has 1 heterocycles. The van der Waals surface area contributed by atoms with Gasteiger partial charge in [0.1, 0.15) is 5.54 Å². The first-order valence-corrected chi connectivity index (χ1v) is 6.37. The van der Waals surface area contributed by atoms with Crippen molar-refractivity contribution >= 4 is 17.9 Å². The fraction of sp³-hybridized carbons (Fsp3) is 0.750. The van der Waals surface area contributed by atoms with Crippen molar-refractivity contribution in [1.82, 2.24) is 15.5 Å². The number of rotatable bonds is 4. The van der Waals surface area contributed by atoms with Gasteiger partial charge < -0.3 is 20.6 Å². The molecule has 1 fully saturated rings. The summed E-state index contributed by atoms with van der Waals surface area (Å²) >= 11 is 0. The van der Waals surface area contributed by atoms with E-state index < -0.39 is 23.5 Å². The smallest absolute Gasteiger partial charge is 0.318 e. The highest BCUT2D eigenvalue weighted by Crippen LogP contribution is 2.17. The molecule has 7 nitrogen and oxygen atoms in total. The first kappa shape index (κ1) is 15.3. The van der Waals surface area contributed by atoms with Crippen LogP contribution in [0.1, 0.15) is 27.2 Å². The van der Waals surface area contributed by atoms with E-state index in [1.54, 1.807) is 20.8 Å². The average Bonchev–Trinajstić information content (AvgIpc) is 2.32. The van der Waals surface area contributed by atoms with Gasteiger partial charge in [0.2, 0.25) is 5.91 Å². The number of carboxylic acids is 1. The molecular weight excluding hydrogens is 250 g/mol. The summed E-state index contributed by atoms with van der Waals surface area (Å²) < 4.78 is 0. The van der Waals surface area contributed by atoms with Gasteiger partial charge in [0.15, 0.2) is 0 Å². The maximum atomic E-state index is 12.0. The molecule has 1 unspecified atom stereocenters. The number of amides is 3. The predicted octanol–water partition coefficient (Wildman–Crippen LogP) is 0.0172. The highest BCUT2D eigenvalue weighted by molar-refractivity contribution is 5.91. The zero-order valence-electron chi connectivity index (χ0n) is 11.5. The summed E-state index contributed by atoms with van der Waals surface area (Å²) in [6, 6.07) is -0.403. The molecule has 3 amide bonds. The Kier molecular flexibility index (Phi) is 4.74. The highest BCUT2D eigenvalue weighted by atomic mass is 16.4. The lowest BCUT2D eigenvalue weighted by Crippen LogP contribution is -2.65. The number of carboxylic acid groups (broad SMARTS) is 1. The Bertz CT molecular complexity index is 381. The Morgan fingerprint density at radius 1 is 1.53 bits per heavy atom. The van der Waals surface area contributed by atoms with Crippen molar-refractivity contribution in [3.05, 3.63) is 0 Å². The minimum absolute atomic E-state index is 0.0683. The molecule has 0 aromatic carbocycles.